The van der Waals surface area contributed by atoms with Crippen molar-refractivity contribution in [2.24, 2.45) is 0 Å². The lowest BCUT2D eigenvalue weighted by Gasteiger charge is -2.24. The average molecular weight is 281 g/mol. The van der Waals surface area contributed by atoms with Crippen LogP contribution in [0, 0.1) is 0 Å². The van der Waals surface area contributed by atoms with E-state index in [0.717, 1.165) is 13.0 Å². The molecule has 2 heteroatoms. The maximum Gasteiger partial charge on any atom is 0.115 e. The van der Waals surface area contributed by atoms with Gasteiger partial charge in [0.05, 0.1) is 0 Å². The molecule has 0 aliphatic carbocycles. The summed E-state index contributed by atoms with van der Waals surface area (Å²) in [5, 5.41) is 9.35. The van der Waals surface area contributed by atoms with E-state index in [4.69, 9.17) is 0 Å². The second-order valence-electron chi connectivity index (χ2n) is 6.11. The van der Waals surface area contributed by atoms with Gasteiger partial charge in [-0.05, 0) is 55.5 Å². The monoisotopic (exact) mass is 281 g/mol. The Hall–Kier alpha value is -1.80. The Balaban J connectivity index is 1.59. The Bertz CT molecular complexity index is 564. The van der Waals surface area contributed by atoms with Crippen molar-refractivity contribution in [1.29, 1.82) is 0 Å². The van der Waals surface area contributed by atoms with E-state index >= 15 is 0 Å². The maximum absolute atomic E-state index is 9.35. The first-order valence-electron chi connectivity index (χ1n) is 7.79. The minimum Gasteiger partial charge on any atom is -0.508 e. The molecular formula is C19H23NO. The second kappa shape index (κ2) is 6.31. The highest BCUT2D eigenvalue weighted by Gasteiger charge is 2.26. The number of phenols is 1. The lowest BCUT2D eigenvalue weighted by molar-refractivity contribution is 0.254. The van der Waals surface area contributed by atoms with E-state index in [1.165, 1.54) is 24.1 Å². The molecule has 1 saturated heterocycles. The molecule has 0 spiro atoms. The third-order valence-electron chi connectivity index (χ3n) is 4.58. The van der Waals surface area contributed by atoms with E-state index in [1.54, 1.807) is 12.1 Å². The van der Waals surface area contributed by atoms with Gasteiger partial charge >= 0.3 is 0 Å². The summed E-state index contributed by atoms with van der Waals surface area (Å²) < 4.78 is 0. The molecule has 1 heterocycles. The van der Waals surface area contributed by atoms with Gasteiger partial charge in [0.1, 0.15) is 5.75 Å². The van der Waals surface area contributed by atoms with Crippen LogP contribution in [0.15, 0.2) is 54.6 Å². The summed E-state index contributed by atoms with van der Waals surface area (Å²) in [5.74, 6) is 1.02. The van der Waals surface area contributed by atoms with Crippen LogP contribution in [0.1, 0.15) is 30.4 Å². The van der Waals surface area contributed by atoms with Gasteiger partial charge in [-0.1, -0.05) is 42.5 Å². The summed E-state index contributed by atoms with van der Waals surface area (Å²) in [4.78, 5) is 2.59. The number of likely N-dealkylation sites (tertiary alicyclic amines) is 1. The van der Waals surface area contributed by atoms with Crippen molar-refractivity contribution in [3.8, 4) is 5.75 Å². The number of hydrogen-bond acceptors (Lipinski definition) is 2. The van der Waals surface area contributed by atoms with Gasteiger partial charge in [-0.2, -0.15) is 0 Å². The zero-order valence-electron chi connectivity index (χ0n) is 12.6. The highest BCUT2D eigenvalue weighted by Crippen LogP contribution is 2.29. The maximum atomic E-state index is 9.35. The summed E-state index contributed by atoms with van der Waals surface area (Å²) >= 11 is 0. The molecule has 0 saturated carbocycles. The number of rotatable bonds is 4. The Kier molecular flexibility index (Phi) is 4.26. The van der Waals surface area contributed by atoms with Gasteiger partial charge in [0.2, 0.25) is 0 Å². The number of phenolic OH excluding ortho intramolecular Hbond substituents is 1. The van der Waals surface area contributed by atoms with E-state index in [1.807, 2.05) is 12.1 Å². The number of nitrogens with zero attached hydrogens (tertiary/aromatic N) is 1. The van der Waals surface area contributed by atoms with Crippen LogP contribution < -0.4 is 0 Å². The fraction of sp³-hybridized carbons (Fsp3) is 0.368. The summed E-state index contributed by atoms with van der Waals surface area (Å²) in [7, 11) is 0. The first-order chi connectivity index (χ1) is 10.2. The van der Waals surface area contributed by atoms with Crippen molar-refractivity contribution in [2.75, 3.05) is 13.1 Å². The molecule has 1 fully saturated rings. The molecule has 1 aliphatic heterocycles. The topological polar surface area (TPSA) is 23.5 Å². The van der Waals surface area contributed by atoms with Crippen molar-refractivity contribution in [3.63, 3.8) is 0 Å². The molecule has 0 amide bonds. The minimum absolute atomic E-state index is 0.344. The van der Waals surface area contributed by atoms with Crippen molar-refractivity contribution in [2.45, 2.75) is 31.7 Å². The molecule has 2 unspecified atom stereocenters. The van der Waals surface area contributed by atoms with Gasteiger partial charge in [0.15, 0.2) is 0 Å². The van der Waals surface area contributed by atoms with Crippen LogP contribution in [-0.4, -0.2) is 29.1 Å². The second-order valence-corrected chi connectivity index (χ2v) is 6.11. The molecule has 0 aromatic heterocycles. The van der Waals surface area contributed by atoms with Crippen LogP contribution in [0.4, 0.5) is 0 Å². The molecule has 2 aromatic carbocycles. The van der Waals surface area contributed by atoms with E-state index in [0.29, 0.717) is 17.7 Å². The van der Waals surface area contributed by atoms with Gasteiger partial charge in [-0.25, -0.2) is 0 Å². The molecule has 2 nitrogen and oxygen atoms in total. The minimum atomic E-state index is 0.344. The Morgan fingerprint density at radius 1 is 1.10 bits per heavy atom. The normalized spacial score (nSPS) is 20.5. The molecule has 0 radical (unpaired) electrons. The number of aromatic hydroxyl groups is 1. The molecule has 21 heavy (non-hydrogen) atoms. The van der Waals surface area contributed by atoms with Crippen LogP contribution in [0.5, 0.6) is 5.75 Å². The van der Waals surface area contributed by atoms with Gasteiger partial charge in [-0.15, -0.1) is 0 Å². The molecular weight excluding hydrogens is 258 g/mol. The van der Waals surface area contributed by atoms with Gasteiger partial charge in [-0.3, -0.25) is 4.90 Å². The number of hydrogen-bond donors (Lipinski definition) is 1. The highest BCUT2D eigenvalue weighted by atomic mass is 16.3. The molecule has 1 N–H and O–H groups in total. The highest BCUT2D eigenvalue weighted by molar-refractivity contribution is 5.26. The fourth-order valence-electron chi connectivity index (χ4n) is 3.29. The van der Waals surface area contributed by atoms with Gasteiger partial charge < -0.3 is 5.11 Å². The molecule has 2 aromatic rings. The molecule has 110 valence electrons. The lowest BCUT2D eigenvalue weighted by atomic mass is 9.98. The summed E-state index contributed by atoms with van der Waals surface area (Å²) in [6, 6.07) is 19.0. The van der Waals surface area contributed by atoms with Gasteiger partial charge in [0, 0.05) is 12.6 Å². The molecule has 3 rings (SSSR count). The van der Waals surface area contributed by atoms with E-state index in [9.17, 15) is 5.11 Å². The van der Waals surface area contributed by atoms with Crippen LogP contribution in [-0.2, 0) is 6.42 Å². The van der Waals surface area contributed by atoms with Crippen LogP contribution in [0.3, 0.4) is 0 Å². The average Bonchev–Trinajstić information content (AvgIpc) is 3.00. The Morgan fingerprint density at radius 3 is 2.52 bits per heavy atom. The quantitative estimate of drug-likeness (QED) is 0.921. The van der Waals surface area contributed by atoms with Crippen molar-refractivity contribution >= 4 is 0 Å². The Labute approximate surface area is 127 Å². The van der Waals surface area contributed by atoms with E-state index in [-0.39, 0.29) is 0 Å². The smallest absolute Gasteiger partial charge is 0.115 e. The number of benzene rings is 2. The first-order valence-corrected chi connectivity index (χ1v) is 7.79. The van der Waals surface area contributed by atoms with Crippen molar-refractivity contribution in [3.05, 3.63) is 65.7 Å². The lowest BCUT2D eigenvalue weighted by Crippen LogP contribution is -2.32. The van der Waals surface area contributed by atoms with Gasteiger partial charge in [0.25, 0.3) is 0 Å². The molecule has 2 atom stereocenters. The third-order valence-corrected chi connectivity index (χ3v) is 4.58. The Morgan fingerprint density at radius 2 is 1.81 bits per heavy atom. The molecule has 0 bridgehead atoms. The summed E-state index contributed by atoms with van der Waals surface area (Å²) in [6.07, 6.45) is 2.30. The largest absolute Gasteiger partial charge is 0.508 e. The SMILES string of the molecule is CC(Cc1ccc(O)cc1)N1CCC(c2ccccc2)C1. The predicted molar refractivity (Wildman–Crippen MR) is 86.6 cm³/mol. The molecule has 1 aliphatic rings. The zero-order chi connectivity index (χ0) is 14.7. The van der Waals surface area contributed by atoms with Crippen molar-refractivity contribution in [1.82, 2.24) is 4.90 Å². The fourth-order valence-corrected chi connectivity index (χ4v) is 3.29. The zero-order valence-corrected chi connectivity index (χ0v) is 12.6. The summed E-state index contributed by atoms with van der Waals surface area (Å²) in [6.45, 7) is 4.64. The van der Waals surface area contributed by atoms with E-state index in [2.05, 4.69) is 42.2 Å². The standard InChI is InChI=1S/C19H23NO/c1-15(13-16-7-9-19(21)10-8-16)20-12-11-18(14-20)17-5-3-2-4-6-17/h2-10,15,18,21H,11-14H2,1H3. The van der Waals surface area contributed by atoms with Crippen LogP contribution >= 0.6 is 0 Å². The third kappa shape index (κ3) is 3.45. The first kappa shape index (κ1) is 14.2. The van der Waals surface area contributed by atoms with Crippen LogP contribution in [0.25, 0.3) is 0 Å². The van der Waals surface area contributed by atoms with Crippen LogP contribution in [0.2, 0.25) is 0 Å². The van der Waals surface area contributed by atoms with E-state index < -0.39 is 0 Å². The predicted octanol–water partition coefficient (Wildman–Crippen LogP) is 3.81. The van der Waals surface area contributed by atoms with Crippen molar-refractivity contribution < 1.29 is 5.11 Å². The summed E-state index contributed by atoms with van der Waals surface area (Å²) in [5.41, 5.74) is 2.76.